The van der Waals surface area contributed by atoms with Gasteiger partial charge >= 0.3 is 0 Å². The Balaban J connectivity index is 1.66. The van der Waals surface area contributed by atoms with Crippen LogP contribution in [0, 0.1) is 17.0 Å². The molecule has 30 heavy (non-hydrogen) atoms. The molecule has 0 aliphatic carbocycles. The number of methoxy groups -OCH3 is 2. The third-order valence-corrected chi connectivity index (χ3v) is 5.75. The van der Waals surface area contributed by atoms with Crippen LogP contribution in [0.4, 0.5) is 5.69 Å². The summed E-state index contributed by atoms with van der Waals surface area (Å²) >= 11 is 1.55. The molecule has 0 saturated heterocycles. The predicted molar refractivity (Wildman–Crippen MR) is 115 cm³/mol. The predicted octanol–water partition coefficient (Wildman–Crippen LogP) is 4.02. The van der Waals surface area contributed by atoms with Crippen LogP contribution in [0.25, 0.3) is 10.6 Å². The molecule has 0 fully saturated rings. The number of nitrogens with zero attached hydrogens (tertiary/aromatic N) is 2. The number of nitrogens with one attached hydrogen (secondary N) is 1. The van der Waals surface area contributed by atoms with Crippen LogP contribution < -0.4 is 14.8 Å². The van der Waals surface area contributed by atoms with Gasteiger partial charge < -0.3 is 14.8 Å². The molecule has 1 amide bonds. The Morgan fingerprint density at radius 3 is 2.63 bits per heavy atom. The van der Waals surface area contributed by atoms with Gasteiger partial charge in [-0.2, -0.15) is 0 Å². The smallest absolute Gasteiger partial charge is 0.270 e. The molecule has 3 rings (SSSR count). The molecule has 156 valence electrons. The van der Waals surface area contributed by atoms with Gasteiger partial charge in [0, 0.05) is 41.1 Å². The number of ether oxygens (including phenoxy) is 2. The van der Waals surface area contributed by atoms with Crippen LogP contribution in [-0.4, -0.2) is 36.6 Å². The molecule has 0 bridgehead atoms. The third kappa shape index (κ3) is 4.74. The van der Waals surface area contributed by atoms with Crippen LogP contribution in [0.1, 0.15) is 20.9 Å². The molecule has 0 aliphatic heterocycles. The van der Waals surface area contributed by atoms with Gasteiger partial charge in [-0.25, -0.2) is 4.98 Å². The highest BCUT2D eigenvalue weighted by Crippen LogP contribution is 2.35. The maximum absolute atomic E-state index is 12.3. The van der Waals surface area contributed by atoms with Crippen molar-refractivity contribution in [2.24, 2.45) is 0 Å². The van der Waals surface area contributed by atoms with Crippen LogP contribution in [0.2, 0.25) is 0 Å². The van der Waals surface area contributed by atoms with E-state index >= 15 is 0 Å². The van der Waals surface area contributed by atoms with Gasteiger partial charge in [-0.05, 0) is 31.2 Å². The molecule has 8 nitrogen and oxygen atoms in total. The normalized spacial score (nSPS) is 10.5. The molecule has 2 aromatic carbocycles. The second-order valence-corrected chi connectivity index (χ2v) is 7.49. The minimum atomic E-state index is -0.521. The summed E-state index contributed by atoms with van der Waals surface area (Å²) in [6.07, 6.45) is 0.609. The van der Waals surface area contributed by atoms with Crippen LogP contribution in [0.15, 0.2) is 42.5 Å². The van der Waals surface area contributed by atoms with Gasteiger partial charge in [0.05, 0.1) is 24.8 Å². The summed E-state index contributed by atoms with van der Waals surface area (Å²) in [5.74, 6) is 0.938. The molecule has 0 spiro atoms. The monoisotopic (exact) mass is 427 g/mol. The van der Waals surface area contributed by atoms with E-state index in [1.54, 1.807) is 31.6 Å². The molecule has 1 heterocycles. The van der Waals surface area contributed by atoms with E-state index < -0.39 is 4.92 Å². The minimum absolute atomic E-state index is 0.111. The SMILES string of the molecule is COc1ccc(-c2nc(C)c(CCNC(=O)c3cccc([N+](=O)[O-])c3)s2)cc1OC. The van der Waals surface area contributed by atoms with Gasteiger partial charge in [0.1, 0.15) is 5.01 Å². The first-order valence-corrected chi connectivity index (χ1v) is 9.96. The fraction of sp³-hybridized carbons (Fsp3) is 0.238. The third-order valence-electron chi connectivity index (χ3n) is 4.48. The average molecular weight is 427 g/mol. The Labute approximate surface area is 177 Å². The quantitative estimate of drug-likeness (QED) is 0.430. The van der Waals surface area contributed by atoms with Crippen molar-refractivity contribution in [2.75, 3.05) is 20.8 Å². The van der Waals surface area contributed by atoms with E-state index in [2.05, 4.69) is 10.3 Å². The van der Waals surface area contributed by atoms with Crippen molar-refractivity contribution in [3.63, 3.8) is 0 Å². The number of carbonyl (C=O) groups excluding carboxylic acids is 1. The first-order chi connectivity index (χ1) is 14.4. The molecule has 1 N–H and O–H groups in total. The zero-order valence-corrected chi connectivity index (χ0v) is 17.6. The standard InChI is InChI=1S/C21H21N3O5S/c1-13-19(9-10-22-20(25)14-5-4-6-16(11-14)24(26)27)30-21(23-13)15-7-8-17(28-2)18(12-15)29-3/h4-8,11-12H,9-10H2,1-3H3,(H,22,25). The van der Waals surface area contributed by atoms with Crippen molar-refractivity contribution >= 4 is 22.9 Å². The average Bonchev–Trinajstić information content (AvgIpc) is 3.13. The number of amides is 1. The number of nitro benzene ring substituents is 1. The van der Waals surface area contributed by atoms with Gasteiger partial charge in [0.2, 0.25) is 0 Å². The van der Waals surface area contributed by atoms with Gasteiger partial charge in [-0.15, -0.1) is 11.3 Å². The fourth-order valence-corrected chi connectivity index (χ4v) is 3.96. The van der Waals surface area contributed by atoms with Gasteiger partial charge in [0.15, 0.2) is 11.5 Å². The highest BCUT2D eigenvalue weighted by molar-refractivity contribution is 7.15. The molecule has 0 radical (unpaired) electrons. The van der Waals surface area contributed by atoms with Crippen LogP contribution in [-0.2, 0) is 6.42 Å². The van der Waals surface area contributed by atoms with Crippen molar-refractivity contribution in [1.82, 2.24) is 10.3 Å². The molecule has 0 saturated carbocycles. The lowest BCUT2D eigenvalue weighted by molar-refractivity contribution is -0.384. The number of benzene rings is 2. The second-order valence-electron chi connectivity index (χ2n) is 6.41. The highest BCUT2D eigenvalue weighted by Gasteiger charge is 2.14. The fourth-order valence-electron chi connectivity index (χ4n) is 2.91. The molecular weight excluding hydrogens is 406 g/mol. The zero-order chi connectivity index (χ0) is 21.7. The Morgan fingerprint density at radius 2 is 1.93 bits per heavy atom. The van der Waals surface area contributed by atoms with E-state index in [-0.39, 0.29) is 17.2 Å². The lowest BCUT2D eigenvalue weighted by atomic mass is 10.2. The lowest BCUT2D eigenvalue weighted by Crippen LogP contribution is -2.25. The summed E-state index contributed by atoms with van der Waals surface area (Å²) < 4.78 is 10.6. The van der Waals surface area contributed by atoms with E-state index in [0.717, 1.165) is 21.1 Å². The highest BCUT2D eigenvalue weighted by atomic mass is 32.1. The van der Waals surface area contributed by atoms with E-state index in [1.807, 2.05) is 25.1 Å². The first-order valence-electron chi connectivity index (χ1n) is 9.14. The molecule has 1 aromatic heterocycles. The number of non-ortho nitro benzene ring substituents is 1. The minimum Gasteiger partial charge on any atom is -0.493 e. The van der Waals surface area contributed by atoms with Gasteiger partial charge in [0.25, 0.3) is 11.6 Å². The number of aromatic nitrogens is 1. The number of hydrogen-bond acceptors (Lipinski definition) is 7. The van der Waals surface area contributed by atoms with Crippen molar-refractivity contribution in [2.45, 2.75) is 13.3 Å². The van der Waals surface area contributed by atoms with Crippen molar-refractivity contribution in [3.05, 3.63) is 68.7 Å². The molecule has 0 unspecified atom stereocenters. The first kappa shape index (κ1) is 21.3. The van der Waals surface area contributed by atoms with Crippen molar-refractivity contribution < 1.29 is 19.2 Å². The number of carbonyl (C=O) groups is 1. The Morgan fingerprint density at radius 1 is 1.17 bits per heavy atom. The Kier molecular flexibility index (Phi) is 6.63. The largest absolute Gasteiger partial charge is 0.493 e. The summed E-state index contributed by atoms with van der Waals surface area (Å²) in [6, 6.07) is 11.3. The topological polar surface area (TPSA) is 104 Å². The maximum Gasteiger partial charge on any atom is 0.270 e. The van der Waals surface area contributed by atoms with E-state index in [0.29, 0.717) is 24.5 Å². The van der Waals surface area contributed by atoms with Gasteiger partial charge in [-0.1, -0.05) is 6.07 Å². The molecule has 3 aromatic rings. The molecule has 9 heteroatoms. The van der Waals surface area contributed by atoms with E-state index in [1.165, 1.54) is 18.2 Å². The van der Waals surface area contributed by atoms with Gasteiger partial charge in [-0.3, -0.25) is 14.9 Å². The number of nitro groups is 1. The summed E-state index contributed by atoms with van der Waals surface area (Å²) in [7, 11) is 3.18. The summed E-state index contributed by atoms with van der Waals surface area (Å²) in [5.41, 5.74) is 1.97. The van der Waals surface area contributed by atoms with Crippen LogP contribution in [0.3, 0.4) is 0 Å². The number of aryl methyl sites for hydroxylation is 1. The van der Waals surface area contributed by atoms with Crippen LogP contribution in [0.5, 0.6) is 11.5 Å². The lowest BCUT2D eigenvalue weighted by Gasteiger charge is -2.08. The summed E-state index contributed by atoms with van der Waals surface area (Å²) in [5, 5.41) is 14.5. The molecular formula is C21H21N3O5S. The molecule has 0 aliphatic rings. The number of hydrogen-bond donors (Lipinski definition) is 1. The van der Waals surface area contributed by atoms with E-state index in [4.69, 9.17) is 9.47 Å². The summed E-state index contributed by atoms with van der Waals surface area (Å²) in [4.78, 5) is 28.3. The second kappa shape index (κ2) is 9.36. The number of rotatable bonds is 8. The molecule has 0 atom stereocenters. The number of thiazole rings is 1. The maximum atomic E-state index is 12.3. The Bertz CT molecular complexity index is 1080. The van der Waals surface area contributed by atoms with E-state index in [9.17, 15) is 14.9 Å². The van der Waals surface area contributed by atoms with Crippen LogP contribution >= 0.6 is 11.3 Å². The summed E-state index contributed by atoms with van der Waals surface area (Å²) in [6.45, 7) is 2.33. The van der Waals surface area contributed by atoms with Crippen molar-refractivity contribution in [3.8, 4) is 22.1 Å². The van der Waals surface area contributed by atoms with Crippen molar-refractivity contribution in [1.29, 1.82) is 0 Å². The Hall–Kier alpha value is -3.46. The zero-order valence-electron chi connectivity index (χ0n) is 16.8.